The molecule has 1 aromatic rings. The third kappa shape index (κ3) is 1.47. The molecule has 0 aromatic heterocycles. The van der Waals surface area contributed by atoms with Crippen LogP contribution < -0.4 is 4.90 Å². The van der Waals surface area contributed by atoms with Gasteiger partial charge in [0.2, 0.25) is 0 Å². The summed E-state index contributed by atoms with van der Waals surface area (Å²) in [6, 6.07) is 3.75. The van der Waals surface area contributed by atoms with Crippen molar-refractivity contribution in [1.82, 2.24) is 0 Å². The van der Waals surface area contributed by atoms with Gasteiger partial charge in [0.15, 0.2) is 0 Å². The zero-order chi connectivity index (χ0) is 14.8. The Hall–Kier alpha value is -2.10. The number of hydrogen-bond acceptors (Lipinski definition) is 3. The fourth-order valence-electron chi connectivity index (χ4n) is 5.02. The number of allylic oxidation sites excluding steroid dienone is 4. The number of benzene rings is 1. The van der Waals surface area contributed by atoms with E-state index in [-0.39, 0.29) is 10.8 Å². The van der Waals surface area contributed by atoms with Crippen molar-refractivity contribution in [3.05, 3.63) is 57.7 Å². The van der Waals surface area contributed by atoms with Gasteiger partial charge < -0.3 is 4.90 Å². The fourth-order valence-corrected chi connectivity index (χ4v) is 5.02. The van der Waals surface area contributed by atoms with Gasteiger partial charge in [-0.3, -0.25) is 10.1 Å². The summed E-state index contributed by atoms with van der Waals surface area (Å²) in [5.41, 5.74) is 3.77. The van der Waals surface area contributed by atoms with Crippen LogP contribution in [0.1, 0.15) is 35.8 Å². The molecule has 0 spiro atoms. The molecule has 4 nitrogen and oxygen atoms in total. The molecule has 22 heavy (non-hydrogen) atoms. The zero-order valence-electron chi connectivity index (χ0n) is 12.3. The topological polar surface area (TPSA) is 46.4 Å². The van der Waals surface area contributed by atoms with E-state index < -0.39 is 0 Å². The van der Waals surface area contributed by atoms with Gasteiger partial charge >= 0.3 is 0 Å². The van der Waals surface area contributed by atoms with Crippen molar-refractivity contribution in [2.75, 3.05) is 18.0 Å². The number of nitrogens with zero attached hydrogens (tertiary/aromatic N) is 2. The number of nitro benzene ring substituents is 1. The van der Waals surface area contributed by atoms with Gasteiger partial charge in [0.1, 0.15) is 0 Å². The van der Waals surface area contributed by atoms with Gasteiger partial charge in [-0.05, 0) is 36.3 Å². The lowest BCUT2D eigenvalue weighted by atomic mass is 9.74. The summed E-state index contributed by atoms with van der Waals surface area (Å²) in [5, 5.41) is 11.6. The highest BCUT2D eigenvalue weighted by atomic mass is 16.6. The van der Waals surface area contributed by atoms with E-state index in [1.165, 1.54) is 11.3 Å². The maximum Gasteiger partial charge on any atom is 0.275 e. The molecule has 2 aliphatic heterocycles. The van der Waals surface area contributed by atoms with Crippen molar-refractivity contribution < 1.29 is 4.92 Å². The highest BCUT2D eigenvalue weighted by Crippen LogP contribution is 2.55. The first-order valence-corrected chi connectivity index (χ1v) is 8.13. The van der Waals surface area contributed by atoms with Crippen molar-refractivity contribution in [2.24, 2.45) is 11.8 Å². The number of anilines is 1. The Bertz CT molecular complexity index is 735. The molecule has 4 atom stereocenters. The van der Waals surface area contributed by atoms with Gasteiger partial charge in [-0.2, -0.15) is 0 Å². The molecule has 0 unspecified atom stereocenters. The third-order valence-corrected chi connectivity index (χ3v) is 5.92. The molecule has 112 valence electrons. The summed E-state index contributed by atoms with van der Waals surface area (Å²) >= 11 is 0. The number of fused-ring (bicyclic) bond motifs is 4. The Labute approximate surface area is 129 Å². The second-order valence-corrected chi connectivity index (χ2v) is 7.00. The first kappa shape index (κ1) is 12.4. The van der Waals surface area contributed by atoms with Crippen LogP contribution in [0.2, 0.25) is 0 Å². The molecular weight excluding hydrogens is 276 g/mol. The maximum absolute atomic E-state index is 11.6. The van der Waals surface area contributed by atoms with Gasteiger partial charge in [-0.25, -0.2) is 0 Å². The van der Waals surface area contributed by atoms with E-state index in [2.05, 4.69) is 29.2 Å². The predicted octanol–water partition coefficient (Wildman–Crippen LogP) is 3.75. The van der Waals surface area contributed by atoms with Crippen molar-refractivity contribution in [3.8, 4) is 0 Å². The molecule has 5 rings (SSSR count). The second-order valence-electron chi connectivity index (χ2n) is 7.00. The minimum atomic E-state index is -0.196. The molecule has 2 heterocycles. The highest BCUT2D eigenvalue weighted by molar-refractivity contribution is 5.73. The Morgan fingerprint density at radius 3 is 2.45 bits per heavy atom. The number of hydrogen-bond donors (Lipinski definition) is 0. The maximum atomic E-state index is 11.6. The van der Waals surface area contributed by atoms with Crippen LogP contribution in [-0.4, -0.2) is 18.0 Å². The van der Waals surface area contributed by atoms with Crippen LogP contribution in [0, 0.1) is 22.0 Å². The molecule has 0 fully saturated rings. The summed E-state index contributed by atoms with van der Waals surface area (Å²) in [5.74, 6) is 1.83. The minimum Gasteiger partial charge on any atom is -0.370 e. The summed E-state index contributed by atoms with van der Waals surface area (Å²) in [7, 11) is 0. The molecular formula is C18H18N2O2. The first-order chi connectivity index (χ1) is 10.7. The van der Waals surface area contributed by atoms with Crippen molar-refractivity contribution in [2.45, 2.75) is 24.7 Å². The molecule has 0 saturated heterocycles. The molecule has 4 aliphatic rings. The van der Waals surface area contributed by atoms with Gasteiger partial charge in [0, 0.05) is 31.0 Å². The van der Waals surface area contributed by atoms with Crippen LogP contribution in [0.5, 0.6) is 0 Å². The van der Waals surface area contributed by atoms with E-state index in [0.29, 0.717) is 23.4 Å². The van der Waals surface area contributed by atoms with Crippen molar-refractivity contribution >= 4 is 11.4 Å². The summed E-state index contributed by atoms with van der Waals surface area (Å²) < 4.78 is 0. The zero-order valence-corrected chi connectivity index (χ0v) is 12.3. The molecule has 1 aromatic carbocycles. The summed E-state index contributed by atoms with van der Waals surface area (Å²) in [4.78, 5) is 13.8. The Morgan fingerprint density at radius 1 is 1.05 bits per heavy atom. The van der Waals surface area contributed by atoms with Crippen LogP contribution in [0.3, 0.4) is 0 Å². The van der Waals surface area contributed by atoms with Crippen molar-refractivity contribution in [1.29, 1.82) is 0 Å². The smallest absolute Gasteiger partial charge is 0.275 e. The van der Waals surface area contributed by atoms with E-state index in [1.807, 2.05) is 6.07 Å². The molecule has 2 aliphatic carbocycles. The standard InChI is InChI=1S/C18H18N2O2/c21-20(22)16-8-7-15-13-5-1-3-11(13)9-19-10-12-4-2-6-14(12)17(16)18(15)19/h1-2,5-8,11-14H,3-4,9-10H2/t11-,12-,13+,14-/m1/s1. The second kappa shape index (κ2) is 4.22. The summed E-state index contributed by atoms with van der Waals surface area (Å²) in [6.07, 6.45) is 11.2. The minimum absolute atomic E-state index is 0.196. The monoisotopic (exact) mass is 294 g/mol. The average Bonchev–Trinajstić information content (AvgIpc) is 3.15. The van der Waals surface area contributed by atoms with E-state index in [1.54, 1.807) is 6.07 Å². The van der Waals surface area contributed by atoms with Crippen molar-refractivity contribution in [3.63, 3.8) is 0 Å². The summed E-state index contributed by atoms with van der Waals surface area (Å²) in [6.45, 7) is 2.09. The SMILES string of the molecule is O=[N+]([O-])c1ccc2c3c1[C@@H]1C=CC[C@@H]1CN3C[C@H]1CC=C[C@H]21. The molecule has 4 heteroatoms. The lowest BCUT2D eigenvalue weighted by Crippen LogP contribution is -2.43. The van der Waals surface area contributed by atoms with Crippen LogP contribution in [0.4, 0.5) is 11.4 Å². The third-order valence-electron chi connectivity index (χ3n) is 5.92. The van der Waals surface area contributed by atoms with Gasteiger partial charge in [0.05, 0.1) is 16.2 Å². The molecule has 0 saturated carbocycles. The molecule has 0 bridgehead atoms. The molecule has 0 N–H and O–H groups in total. The van der Waals surface area contributed by atoms with E-state index >= 15 is 0 Å². The Balaban J connectivity index is 1.78. The largest absolute Gasteiger partial charge is 0.370 e. The molecule has 0 amide bonds. The fraction of sp³-hybridized carbons (Fsp3) is 0.444. The molecule has 0 radical (unpaired) electrons. The van der Waals surface area contributed by atoms with Gasteiger partial charge in [-0.15, -0.1) is 0 Å². The van der Waals surface area contributed by atoms with E-state index in [4.69, 9.17) is 0 Å². The van der Waals surface area contributed by atoms with Crippen LogP contribution in [0.25, 0.3) is 0 Å². The van der Waals surface area contributed by atoms with E-state index in [0.717, 1.165) is 31.5 Å². The first-order valence-electron chi connectivity index (χ1n) is 8.13. The lowest BCUT2D eigenvalue weighted by molar-refractivity contribution is -0.385. The van der Waals surface area contributed by atoms with Crippen LogP contribution >= 0.6 is 0 Å². The predicted molar refractivity (Wildman–Crippen MR) is 85.3 cm³/mol. The van der Waals surface area contributed by atoms with E-state index in [9.17, 15) is 10.1 Å². The lowest BCUT2D eigenvalue weighted by Gasteiger charge is -2.45. The van der Waals surface area contributed by atoms with Gasteiger partial charge in [-0.1, -0.05) is 24.3 Å². The number of nitro groups is 1. The quantitative estimate of drug-likeness (QED) is 0.450. The van der Waals surface area contributed by atoms with Crippen LogP contribution in [-0.2, 0) is 0 Å². The average molecular weight is 294 g/mol. The van der Waals surface area contributed by atoms with Gasteiger partial charge in [0.25, 0.3) is 5.69 Å². The number of rotatable bonds is 1. The highest BCUT2D eigenvalue weighted by Gasteiger charge is 2.45. The Kier molecular flexibility index (Phi) is 2.38. The Morgan fingerprint density at radius 2 is 1.73 bits per heavy atom. The normalized spacial score (nSPS) is 33.5. The van der Waals surface area contributed by atoms with Crippen LogP contribution in [0.15, 0.2) is 36.4 Å².